The van der Waals surface area contributed by atoms with Crippen molar-refractivity contribution in [3.8, 4) is 0 Å². The summed E-state index contributed by atoms with van der Waals surface area (Å²) in [4.78, 5) is 10.8. The molecule has 0 aliphatic carbocycles. The van der Waals surface area contributed by atoms with Crippen molar-refractivity contribution in [1.29, 1.82) is 0 Å². The van der Waals surface area contributed by atoms with Crippen molar-refractivity contribution in [1.82, 2.24) is 5.32 Å². The summed E-state index contributed by atoms with van der Waals surface area (Å²) in [5, 5.41) is 11.1. The molecular formula is C7H13NO4. The Morgan fingerprint density at radius 3 is 2.42 bits per heavy atom. The van der Waals surface area contributed by atoms with E-state index in [0.29, 0.717) is 0 Å². The summed E-state index contributed by atoms with van der Waals surface area (Å²) in [6.45, 7) is 2.77. The van der Waals surface area contributed by atoms with E-state index in [1.54, 1.807) is 0 Å². The minimum absolute atomic E-state index is 0.473. The molecule has 0 saturated carbocycles. The lowest BCUT2D eigenvalue weighted by molar-refractivity contribution is -0.243. The smallest absolute Gasteiger partial charge is 0.275 e. The van der Waals surface area contributed by atoms with Crippen molar-refractivity contribution in [3.63, 3.8) is 0 Å². The summed E-state index contributed by atoms with van der Waals surface area (Å²) >= 11 is 0. The summed E-state index contributed by atoms with van der Waals surface area (Å²) in [6, 6.07) is 0. The molecule has 0 aliphatic rings. The predicted octanol–water partition coefficient (Wildman–Crippen LogP) is -0.773. The van der Waals surface area contributed by atoms with Crippen LogP contribution in [0.1, 0.15) is 0 Å². The molecule has 0 rings (SSSR count). The fourth-order valence-corrected chi connectivity index (χ4v) is 0.593. The number of aliphatic hydroxyl groups is 1. The van der Waals surface area contributed by atoms with E-state index < -0.39 is 18.4 Å². The third kappa shape index (κ3) is 2.61. The first kappa shape index (κ1) is 11.1. The minimum atomic E-state index is -1.47. The fraction of sp³-hybridized carbons (Fsp3) is 0.571. The van der Waals surface area contributed by atoms with Crippen molar-refractivity contribution >= 4 is 5.91 Å². The van der Waals surface area contributed by atoms with E-state index >= 15 is 0 Å². The Kier molecular flexibility index (Phi) is 4.50. The third-order valence-corrected chi connectivity index (χ3v) is 1.37. The lowest BCUT2D eigenvalue weighted by atomic mass is 10.4. The summed E-state index contributed by atoms with van der Waals surface area (Å²) < 4.78 is 9.51. The standard InChI is InChI=1S/C7H13NO4/c1-4-6(10)8-7(5-9,11-2)12-3/h4,9H,1,5H2,2-3H3,(H,8,10). The molecule has 0 heterocycles. The van der Waals surface area contributed by atoms with Gasteiger partial charge in [-0.2, -0.15) is 0 Å². The molecule has 2 N–H and O–H groups in total. The normalized spacial score (nSPS) is 10.9. The fourth-order valence-electron chi connectivity index (χ4n) is 0.593. The van der Waals surface area contributed by atoms with E-state index in [-0.39, 0.29) is 0 Å². The quantitative estimate of drug-likeness (QED) is 0.425. The van der Waals surface area contributed by atoms with Gasteiger partial charge in [-0.25, -0.2) is 0 Å². The van der Waals surface area contributed by atoms with Crippen LogP contribution in [0.15, 0.2) is 12.7 Å². The van der Waals surface area contributed by atoms with Crippen molar-refractivity contribution in [2.24, 2.45) is 0 Å². The topological polar surface area (TPSA) is 67.8 Å². The Balaban J connectivity index is 4.29. The van der Waals surface area contributed by atoms with Crippen LogP contribution in [0.5, 0.6) is 0 Å². The molecule has 70 valence electrons. The van der Waals surface area contributed by atoms with Crippen LogP contribution >= 0.6 is 0 Å². The molecule has 0 spiro atoms. The third-order valence-electron chi connectivity index (χ3n) is 1.37. The van der Waals surface area contributed by atoms with E-state index in [9.17, 15) is 4.79 Å². The van der Waals surface area contributed by atoms with E-state index in [1.807, 2.05) is 0 Å². The molecule has 0 aromatic rings. The molecule has 0 saturated heterocycles. The Bertz CT molecular complexity index is 157. The molecule has 0 aromatic heterocycles. The van der Waals surface area contributed by atoms with Crippen LogP contribution in [0.25, 0.3) is 0 Å². The van der Waals surface area contributed by atoms with Gasteiger partial charge in [-0.3, -0.25) is 10.1 Å². The molecule has 0 bridgehead atoms. The van der Waals surface area contributed by atoms with Gasteiger partial charge >= 0.3 is 0 Å². The Hall–Kier alpha value is -0.910. The zero-order valence-electron chi connectivity index (χ0n) is 7.16. The van der Waals surface area contributed by atoms with Gasteiger partial charge in [0.05, 0.1) is 0 Å². The number of hydrogen-bond donors (Lipinski definition) is 2. The van der Waals surface area contributed by atoms with Crippen LogP contribution in [0, 0.1) is 0 Å². The van der Waals surface area contributed by atoms with E-state index in [0.717, 1.165) is 6.08 Å². The first-order valence-corrected chi connectivity index (χ1v) is 3.30. The van der Waals surface area contributed by atoms with E-state index in [4.69, 9.17) is 14.6 Å². The van der Waals surface area contributed by atoms with Gasteiger partial charge in [0.2, 0.25) is 5.91 Å². The Morgan fingerprint density at radius 2 is 2.17 bits per heavy atom. The maximum Gasteiger partial charge on any atom is 0.275 e. The average Bonchev–Trinajstić information content (AvgIpc) is 2.14. The van der Waals surface area contributed by atoms with Crippen LogP contribution < -0.4 is 5.32 Å². The van der Waals surface area contributed by atoms with Gasteiger partial charge in [0.25, 0.3) is 5.91 Å². The van der Waals surface area contributed by atoms with Gasteiger partial charge in [-0.1, -0.05) is 6.58 Å². The highest BCUT2D eigenvalue weighted by Gasteiger charge is 2.29. The summed E-state index contributed by atoms with van der Waals surface area (Å²) in [5.74, 6) is -1.95. The Morgan fingerprint density at radius 1 is 1.67 bits per heavy atom. The number of ether oxygens (including phenoxy) is 2. The Labute approximate surface area is 71.0 Å². The van der Waals surface area contributed by atoms with Crippen LogP contribution in [0.4, 0.5) is 0 Å². The van der Waals surface area contributed by atoms with Gasteiger partial charge in [0, 0.05) is 14.2 Å². The van der Waals surface area contributed by atoms with Gasteiger partial charge in [-0.15, -0.1) is 0 Å². The van der Waals surface area contributed by atoms with Crippen LogP contribution in [-0.4, -0.2) is 37.8 Å². The number of carbonyl (C=O) groups excluding carboxylic acids is 1. The van der Waals surface area contributed by atoms with Crippen molar-refractivity contribution in [2.75, 3.05) is 20.8 Å². The minimum Gasteiger partial charge on any atom is -0.389 e. The number of rotatable bonds is 5. The molecule has 0 unspecified atom stereocenters. The molecule has 5 nitrogen and oxygen atoms in total. The highest BCUT2D eigenvalue weighted by molar-refractivity contribution is 5.87. The molecule has 0 fully saturated rings. The second-order valence-electron chi connectivity index (χ2n) is 2.01. The highest BCUT2D eigenvalue weighted by atomic mass is 16.7. The number of hydrogen-bond acceptors (Lipinski definition) is 4. The van der Waals surface area contributed by atoms with E-state index in [2.05, 4.69) is 11.9 Å². The van der Waals surface area contributed by atoms with Crippen LogP contribution in [0.2, 0.25) is 0 Å². The van der Waals surface area contributed by atoms with Crippen molar-refractivity contribution in [3.05, 3.63) is 12.7 Å². The molecule has 12 heavy (non-hydrogen) atoms. The maximum absolute atomic E-state index is 10.8. The number of nitrogens with one attached hydrogen (secondary N) is 1. The highest BCUT2D eigenvalue weighted by Crippen LogP contribution is 2.04. The largest absolute Gasteiger partial charge is 0.389 e. The van der Waals surface area contributed by atoms with Crippen LogP contribution in [0.3, 0.4) is 0 Å². The number of aliphatic hydroxyl groups excluding tert-OH is 1. The number of carbonyl (C=O) groups is 1. The predicted molar refractivity (Wildman–Crippen MR) is 42.2 cm³/mol. The summed E-state index contributed by atoms with van der Waals surface area (Å²) in [6.07, 6.45) is 1.06. The summed E-state index contributed by atoms with van der Waals surface area (Å²) in [7, 11) is 2.62. The summed E-state index contributed by atoms with van der Waals surface area (Å²) in [5.41, 5.74) is 0. The molecule has 0 aromatic carbocycles. The van der Waals surface area contributed by atoms with Crippen molar-refractivity contribution in [2.45, 2.75) is 5.91 Å². The second kappa shape index (κ2) is 4.87. The van der Waals surface area contributed by atoms with Gasteiger partial charge in [0.1, 0.15) is 6.61 Å². The second-order valence-corrected chi connectivity index (χ2v) is 2.01. The molecule has 0 atom stereocenters. The number of amides is 1. The van der Waals surface area contributed by atoms with Gasteiger partial charge < -0.3 is 14.6 Å². The molecule has 1 amide bonds. The number of methoxy groups -OCH3 is 2. The maximum atomic E-state index is 10.8. The van der Waals surface area contributed by atoms with Crippen LogP contribution in [-0.2, 0) is 14.3 Å². The van der Waals surface area contributed by atoms with Gasteiger partial charge in [-0.05, 0) is 6.08 Å². The first-order chi connectivity index (χ1) is 5.64. The van der Waals surface area contributed by atoms with Gasteiger partial charge in [0.15, 0.2) is 0 Å². The molecule has 0 aliphatic heterocycles. The zero-order chi connectivity index (χ0) is 9.61. The average molecular weight is 175 g/mol. The first-order valence-electron chi connectivity index (χ1n) is 3.30. The lowest BCUT2D eigenvalue weighted by Gasteiger charge is -2.28. The molecular weight excluding hydrogens is 162 g/mol. The lowest BCUT2D eigenvalue weighted by Crippen LogP contribution is -2.53. The van der Waals surface area contributed by atoms with E-state index in [1.165, 1.54) is 14.2 Å². The zero-order valence-corrected chi connectivity index (χ0v) is 7.16. The monoisotopic (exact) mass is 175 g/mol. The molecule has 0 radical (unpaired) electrons. The van der Waals surface area contributed by atoms with Crippen molar-refractivity contribution < 1.29 is 19.4 Å². The molecule has 5 heteroatoms. The SMILES string of the molecule is C=CC(=O)NC(CO)(OC)OC.